The molecule has 2 nitrogen and oxygen atoms in total. The molecule has 0 unspecified atom stereocenters. The fraction of sp³-hybridized carbons (Fsp3) is 0.250. The Bertz CT molecular complexity index is 650. The summed E-state index contributed by atoms with van der Waals surface area (Å²) in [5, 5.41) is 9.16. The Balaban J connectivity index is 2.88. The third-order valence-corrected chi connectivity index (χ3v) is 3.29. The number of hydrogen-bond acceptors (Lipinski definition) is 1. The molecule has 2 aromatic rings. The van der Waals surface area contributed by atoms with Crippen molar-refractivity contribution in [3.05, 3.63) is 33.9 Å². The van der Waals surface area contributed by atoms with Crippen LogP contribution in [0.2, 0.25) is 0 Å². The quantitative estimate of drug-likeness (QED) is 0.781. The number of benzene rings is 1. The van der Waals surface area contributed by atoms with Gasteiger partial charge in [0.1, 0.15) is 5.69 Å². The highest BCUT2D eigenvalue weighted by Crippen LogP contribution is 2.38. The Morgan fingerprint density at radius 3 is 2.61 bits per heavy atom. The van der Waals surface area contributed by atoms with Crippen LogP contribution in [0.15, 0.2) is 22.7 Å². The van der Waals surface area contributed by atoms with Gasteiger partial charge in [-0.15, -0.1) is 0 Å². The monoisotopic (exact) mass is 316 g/mol. The van der Waals surface area contributed by atoms with Crippen molar-refractivity contribution in [2.24, 2.45) is 7.05 Å². The Morgan fingerprint density at radius 2 is 2.06 bits per heavy atom. The zero-order chi connectivity index (χ0) is 13.5. The molecule has 0 N–H and O–H groups in total. The summed E-state index contributed by atoms with van der Waals surface area (Å²) in [4.78, 5) is 0. The lowest BCUT2D eigenvalue weighted by molar-refractivity contribution is -0.143. The summed E-state index contributed by atoms with van der Waals surface area (Å²) < 4.78 is 40.9. The Kier molecular flexibility index (Phi) is 3.11. The fourth-order valence-corrected chi connectivity index (χ4v) is 2.46. The van der Waals surface area contributed by atoms with Crippen molar-refractivity contribution in [2.45, 2.75) is 12.6 Å². The van der Waals surface area contributed by atoms with Gasteiger partial charge in [0.05, 0.1) is 12.5 Å². The molecule has 6 heteroatoms. The molecule has 18 heavy (non-hydrogen) atoms. The third kappa shape index (κ3) is 1.99. The van der Waals surface area contributed by atoms with E-state index >= 15 is 0 Å². The van der Waals surface area contributed by atoms with Crippen LogP contribution in [-0.2, 0) is 19.6 Å². The topological polar surface area (TPSA) is 28.7 Å². The van der Waals surface area contributed by atoms with Crippen molar-refractivity contribution >= 4 is 26.8 Å². The van der Waals surface area contributed by atoms with E-state index in [4.69, 9.17) is 5.26 Å². The van der Waals surface area contributed by atoms with Crippen molar-refractivity contribution in [3.8, 4) is 6.07 Å². The van der Waals surface area contributed by atoms with Crippen molar-refractivity contribution in [1.82, 2.24) is 4.57 Å². The van der Waals surface area contributed by atoms with Crippen molar-refractivity contribution < 1.29 is 13.2 Å². The van der Waals surface area contributed by atoms with E-state index in [0.29, 0.717) is 15.4 Å². The molecule has 1 aromatic heterocycles. The smallest absolute Gasteiger partial charge is 0.340 e. The van der Waals surface area contributed by atoms with Crippen LogP contribution in [0.1, 0.15) is 11.3 Å². The number of hydrogen-bond donors (Lipinski definition) is 0. The molecule has 0 aliphatic carbocycles. The summed E-state index contributed by atoms with van der Waals surface area (Å²) in [6.07, 6.45) is -4.72. The second-order valence-electron chi connectivity index (χ2n) is 3.88. The zero-order valence-corrected chi connectivity index (χ0v) is 10.9. The first-order valence-corrected chi connectivity index (χ1v) is 5.86. The molecule has 0 saturated carbocycles. The maximum absolute atomic E-state index is 13.0. The highest BCUT2D eigenvalue weighted by Gasteiger charge is 2.38. The molecule has 0 spiro atoms. The minimum absolute atomic E-state index is 0.0370. The number of halogens is 4. The van der Waals surface area contributed by atoms with Crippen LogP contribution >= 0.6 is 15.9 Å². The Morgan fingerprint density at radius 1 is 1.39 bits per heavy atom. The number of aromatic nitrogens is 1. The SMILES string of the molecule is Cn1c(C(F)(F)F)c(CC#N)c2ccc(Br)cc21. The first kappa shape index (κ1) is 13.0. The highest BCUT2D eigenvalue weighted by molar-refractivity contribution is 9.10. The van der Waals surface area contributed by atoms with Crippen LogP contribution in [0, 0.1) is 11.3 Å². The van der Waals surface area contributed by atoms with Gasteiger partial charge in [0.25, 0.3) is 0 Å². The Labute approximate surface area is 110 Å². The third-order valence-electron chi connectivity index (χ3n) is 2.79. The van der Waals surface area contributed by atoms with Crippen LogP contribution < -0.4 is 0 Å². The van der Waals surface area contributed by atoms with Crippen LogP contribution in [-0.4, -0.2) is 4.57 Å². The number of rotatable bonds is 1. The summed E-state index contributed by atoms with van der Waals surface area (Å²) in [6.45, 7) is 0. The second-order valence-corrected chi connectivity index (χ2v) is 4.80. The van der Waals surface area contributed by atoms with Gasteiger partial charge in [-0.25, -0.2) is 0 Å². The first-order valence-electron chi connectivity index (χ1n) is 5.07. The standard InChI is InChI=1S/C12H8BrF3N2/c1-18-10-6-7(13)2-3-8(10)9(4-5-17)11(18)12(14,15)16/h2-3,6H,4H2,1H3. The number of alkyl halides is 3. The minimum Gasteiger partial charge on any atom is -0.340 e. The van der Waals surface area contributed by atoms with Crippen molar-refractivity contribution in [1.29, 1.82) is 5.26 Å². The van der Waals surface area contributed by atoms with E-state index in [9.17, 15) is 13.2 Å². The maximum Gasteiger partial charge on any atom is 0.431 e. The molecule has 1 heterocycles. The molecule has 0 amide bonds. The van der Waals surface area contributed by atoms with Crippen molar-refractivity contribution in [2.75, 3.05) is 0 Å². The van der Waals surface area contributed by atoms with Crippen LogP contribution in [0.25, 0.3) is 10.9 Å². The molecule has 0 aliphatic heterocycles. The molecule has 0 saturated heterocycles. The average Bonchev–Trinajstić information content (AvgIpc) is 2.52. The summed E-state index contributed by atoms with van der Waals surface area (Å²) >= 11 is 3.23. The molecular formula is C12H8BrF3N2. The lowest BCUT2D eigenvalue weighted by Gasteiger charge is -2.10. The highest BCUT2D eigenvalue weighted by atomic mass is 79.9. The molecule has 0 bridgehead atoms. The maximum atomic E-state index is 13.0. The summed E-state index contributed by atoms with van der Waals surface area (Å²) in [7, 11) is 1.36. The summed E-state index contributed by atoms with van der Waals surface area (Å²) in [5.74, 6) is 0. The van der Waals surface area contributed by atoms with Gasteiger partial charge in [0.2, 0.25) is 0 Å². The number of nitriles is 1. The van der Waals surface area contributed by atoms with Gasteiger partial charge in [-0.3, -0.25) is 0 Å². The van der Waals surface area contributed by atoms with E-state index in [1.54, 1.807) is 24.3 Å². The van der Waals surface area contributed by atoms with Gasteiger partial charge in [0, 0.05) is 28.0 Å². The predicted molar refractivity (Wildman–Crippen MR) is 64.9 cm³/mol. The van der Waals surface area contributed by atoms with E-state index in [0.717, 1.165) is 4.57 Å². The van der Waals surface area contributed by atoms with Gasteiger partial charge >= 0.3 is 6.18 Å². The molecule has 1 aromatic carbocycles. The van der Waals surface area contributed by atoms with Crippen molar-refractivity contribution in [3.63, 3.8) is 0 Å². The van der Waals surface area contributed by atoms with Crippen LogP contribution in [0.3, 0.4) is 0 Å². The molecule has 0 atom stereocenters. The second kappa shape index (κ2) is 4.32. The number of fused-ring (bicyclic) bond motifs is 1. The molecule has 0 fully saturated rings. The van der Waals surface area contributed by atoms with Gasteiger partial charge in [-0.1, -0.05) is 22.0 Å². The first-order chi connectivity index (χ1) is 8.36. The normalized spacial score (nSPS) is 11.8. The minimum atomic E-state index is -4.47. The fourth-order valence-electron chi connectivity index (χ4n) is 2.11. The summed E-state index contributed by atoms with van der Waals surface area (Å²) in [5.41, 5.74) is -0.255. The van der Waals surface area contributed by atoms with Gasteiger partial charge in [-0.2, -0.15) is 18.4 Å². The van der Waals surface area contributed by atoms with E-state index in [1.165, 1.54) is 7.05 Å². The lowest BCUT2D eigenvalue weighted by Crippen LogP contribution is -2.13. The average molecular weight is 317 g/mol. The molecular weight excluding hydrogens is 309 g/mol. The molecule has 94 valence electrons. The molecule has 0 aliphatic rings. The van der Waals surface area contributed by atoms with Crippen LogP contribution in [0.5, 0.6) is 0 Å². The van der Waals surface area contributed by atoms with E-state index in [-0.39, 0.29) is 12.0 Å². The number of nitrogens with zero attached hydrogens (tertiary/aromatic N) is 2. The number of aryl methyl sites for hydroxylation is 1. The van der Waals surface area contributed by atoms with Gasteiger partial charge < -0.3 is 4.57 Å². The van der Waals surface area contributed by atoms with Gasteiger partial charge in [-0.05, 0) is 12.1 Å². The molecule has 0 radical (unpaired) electrons. The predicted octanol–water partition coefficient (Wildman–Crippen LogP) is 4.03. The van der Waals surface area contributed by atoms with Crippen LogP contribution in [0.4, 0.5) is 13.2 Å². The van der Waals surface area contributed by atoms with Gasteiger partial charge in [0.15, 0.2) is 0 Å². The lowest BCUT2D eigenvalue weighted by atomic mass is 10.1. The zero-order valence-electron chi connectivity index (χ0n) is 9.35. The largest absolute Gasteiger partial charge is 0.431 e. The van der Waals surface area contributed by atoms with E-state index in [2.05, 4.69) is 15.9 Å². The Hall–Kier alpha value is -1.48. The van der Waals surface area contributed by atoms with E-state index in [1.807, 2.05) is 0 Å². The van der Waals surface area contributed by atoms with E-state index < -0.39 is 11.9 Å². The molecule has 2 rings (SSSR count). The summed E-state index contributed by atoms with van der Waals surface area (Å²) in [6, 6.07) is 6.68.